The zero-order chi connectivity index (χ0) is 23.9. The Bertz CT molecular complexity index is 1240. The largest absolute Gasteiger partial charge is 0.497 e. The van der Waals surface area contributed by atoms with Crippen LogP contribution in [0.5, 0.6) is 5.75 Å². The Labute approximate surface area is 202 Å². The van der Waals surface area contributed by atoms with E-state index in [0.29, 0.717) is 12.1 Å². The number of hydrogen-bond donors (Lipinski definition) is 1. The Hall–Kier alpha value is -3.63. The van der Waals surface area contributed by atoms with Crippen molar-refractivity contribution < 1.29 is 9.53 Å². The third kappa shape index (κ3) is 5.46. The highest BCUT2D eigenvalue weighted by atomic mass is 16.5. The average molecular weight is 453 g/mol. The topological polar surface area (TPSA) is 41.6 Å². The monoisotopic (exact) mass is 452 g/mol. The fourth-order valence-corrected chi connectivity index (χ4v) is 4.23. The molecule has 34 heavy (non-hydrogen) atoms. The van der Waals surface area contributed by atoms with Crippen molar-refractivity contribution in [2.75, 3.05) is 20.2 Å². The molecule has 0 aliphatic rings. The molecule has 0 aromatic heterocycles. The van der Waals surface area contributed by atoms with Gasteiger partial charge in [0.25, 0.3) is 5.91 Å². The highest BCUT2D eigenvalue weighted by molar-refractivity contribution is 5.95. The summed E-state index contributed by atoms with van der Waals surface area (Å²) in [7, 11) is 1.66. The first-order chi connectivity index (χ1) is 16.6. The molecule has 0 radical (unpaired) electrons. The molecule has 4 heteroatoms. The van der Waals surface area contributed by atoms with Gasteiger partial charge in [-0.2, -0.15) is 0 Å². The maximum Gasteiger partial charge on any atom is 0.251 e. The summed E-state index contributed by atoms with van der Waals surface area (Å²) in [6, 6.07) is 28.5. The van der Waals surface area contributed by atoms with E-state index >= 15 is 0 Å². The lowest BCUT2D eigenvalue weighted by molar-refractivity contribution is 0.0951. The molecule has 174 valence electrons. The highest BCUT2D eigenvalue weighted by Gasteiger charge is 2.09. The molecule has 0 aliphatic heterocycles. The zero-order valence-corrected chi connectivity index (χ0v) is 20.2. The van der Waals surface area contributed by atoms with Crippen molar-refractivity contribution in [1.29, 1.82) is 0 Å². The summed E-state index contributed by atoms with van der Waals surface area (Å²) in [5.74, 6) is 0.754. The molecule has 0 spiro atoms. The number of methoxy groups -OCH3 is 1. The van der Waals surface area contributed by atoms with Gasteiger partial charge in [-0.25, -0.2) is 0 Å². The van der Waals surface area contributed by atoms with Crippen molar-refractivity contribution in [3.05, 3.63) is 102 Å². The van der Waals surface area contributed by atoms with E-state index in [-0.39, 0.29) is 5.91 Å². The molecule has 0 saturated carbocycles. The SMILES string of the molecule is CCN(CC)Cc1ccc2c(CNC(=O)c3ccc(-c4ccc(OC)cc4)cc3)cccc2c1. The number of nitrogens with one attached hydrogen (secondary N) is 1. The van der Waals surface area contributed by atoms with Gasteiger partial charge in [0.15, 0.2) is 0 Å². The maximum absolute atomic E-state index is 12.8. The molecule has 4 aromatic carbocycles. The number of hydrogen-bond acceptors (Lipinski definition) is 3. The van der Waals surface area contributed by atoms with Gasteiger partial charge in [-0.1, -0.05) is 68.4 Å². The summed E-state index contributed by atoms with van der Waals surface area (Å²) in [5, 5.41) is 5.47. The maximum atomic E-state index is 12.8. The first kappa shape index (κ1) is 23.5. The van der Waals surface area contributed by atoms with E-state index in [2.05, 4.69) is 60.5 Å². The van der Waals surface area contributed by atoms with E-state index in [1.165, 1.54) is 16.3 Å². The normalized spacial score (nSPS) is 11.1. The van der Waals surface area contributed by atoms with Crippen LogP contribution >= 0.6 is 0 Å². The minimum atomic E-state index is -0.0727. The standard InChI is InChI=1S/C30H32N2O2/c1-4-32(5-2)21-22-9-18-29-26(19-22)7-6-8-27(29)20-31-30(33)25-12-10-23(11-13-25)24-14-16-28(34-3)17-15-24/h6-19H,4-5,20-21H2,1-3H3,(H,31,33). The lowest BCUT2D eigenvalue weighted by Crippen LogP contribution is -2.23. The van der Waals surface area contributed by atoms with Crippen LogP contribution in [0.2, 0.25) is 0 Å². The molecule has 0 aliphatic carbocycles. The number of carbonyl (C=O) groups is 1. The molecule has 0 saturated heterocycles. The Balaban J connectivity index is 1.43. The zero-order valence-electron chi connectivity index (χ0n) is 20.2. The molecule has 4 aromatic rings. The summed E-state index contributed by atoms with van der Waals surface area (Å²) >= 11 is 0. The molecule has 1 amide bonds. The minimum absolute atomic E-state index is 0.0727. The van der Waals surface area contributed by atoms with Crippen molar-refractivity contribution in [1.82, 2.24) is 10.2 Å². The summed E-state index contributed by atoms with van der Waals surface area (Å²) < 4.78 is 5.22. The highest BCUT2D eigenvalue weighted by Crippen LogP contribution is 2.24. The van der Waals surface area contributed by atoms with Crippen LogP contribution in [0.15, 0.2) is 84.9 Å². The lowest BCUT2D eigenvalue weighted by Gasteiger charge is -2.18. The smallest absolute Gasteiger partial charge is 0.251 e. The van der Waals surface area contributed by atoms with Gasteiger partial charge >= 0.3 is 0 Å². The third-order valence-corrected chi connectivity index (χ3v) is 6.35. The fraction of sp³-hybridized carbons (Fsp3) is 0.233. The van der Waals surface area contributed by atoms with Crippen LogP contribution in [-0.2, 0) is 13.1 Å². The Morgan fingerprint density at radius 3 is 2.18 bits per heavy atom. The van der Waals surface area contributed by atoms with Crippen LogP contribution in [0.3, 0.4) is 0 Å². The summed E-state index contributed by atoms with van der Waals surface area (Å²) in [5.41, 5.74) is 5.24. The van der Waals surface area contributed by atoms with E-state index in [0.717, 1.165) is 42.1 Å². The number of fused-ring (bicyclic) bond motifs is 1. The van der Waals surface area contributed by atoms with E-state index in [1.807, 2.05) is 48.5 Å². The van der Waals surface area contributed by atoms with E-state index in [1.54, 1.807) is 7.11 Å². The van der Waals surface area contributed by atoms with Crippen molar-refractivity contribution in [3.63, 3.8) is 0 Å². The Morgan fingerprint density at radius 1 is 0.853 bits per heavy atom. The van der Waals surface area contributed by atoms with Crippen LogP contribution in [0.4, 0.5) is 0 Å². The van der Waals surface area contributed by atoms with Crippen LogP contribution in [0, 0.1) is 0 Å². The van der Waals surface area contributed by atoms with Crippen LogP contribution in [0.25, 0.3) is 21.9 Å². The molecule has 0 unspecified atom stereocenters. The third-order valence-electron chi connectivity index (χ3n) is 6.35. The van der Waals surface area contributed by atoms with Crippen LogP contribution < -0.4 is 10.1 Å². The number of nitrogens with zero attached hydrogens (tertiary/aromatic N) is 1. The van der Waals surface area contributed by atoms with Gasteiger partial charge < -0.3 is 10.1 Å². The van der Waals surface area contributed by atoms with Crippen molar-refractivity contribution in [3.8, 4) is 16.9 Å². The molecular formula is C30H32N2O2. The van der Waals surface area contributed by atoms with Crippen molar-refractivity contribution in [2.45, 2.75) is 26.9 Å². The van der Waals surface area contributed by atoms with Gasteiger partial charge in [-0.3, -0.25) is 9.69 Å². The molecule has 1 N–H and O–H groups in total. The molecule has 0 bridgehead atoms. The van der Waals surface area contributed by atoms with E-state index in [9.17, 15) is 4.79 Å². The average Bonchev–Trinajstić information content (AvgIpc) is 2.90. The molecule has 4 rings (SSSR count). The molecule has 4 nitrogen and oxygen atoms in total. The van der Waals surface area contributed by atoms with Crippen LogP contribution in [-0.4, -0.2) is 31.0 Å². The van der Waals surface area contributed by atoms with Crippen LogP contribution in [0.1, 0.15) is 35.3 Å². The predicted molar refractivity (Wildman–Crippen MR) is 140 cm³/mol. The first-order valence-corrected chi connectivity index (χ1v) is 11.9. The van der Waals surface area contributed by atoms with Gasteiger partial charge in [0.05, 0.1) is 7.11 Å². The quantitative estimate of drug-likeness (QED) is 0.325. The predicted octanol–water partition coefficient (Wildman–Crippen LogP) is 6.29. The van der Waals surface area contributed by atoms with E-state index in [4.69, 9.17) is 4.74 Å². The molecule has 0 fully saturated rings. The number of benzene rings is 4. The number of ether oxygens (including phenoxy) is 1. The number of amides is 1. The van der Waals surface area contributed by atoms with Gasteiger partial charge in [0, 0.05) is 18.7 Å². The van der Waals surface area contributed by atoms with Gasteiger partial charge in [-0.05, 0) is 76.4 Å². The summed E-state index contributed by atoms with van der Waals surface area (Å²) in [4.78, 5) is 15.2. The van der Waals surface area contributed by atoms with Crippen molar-refractivity contribution in [2.24, 2.45) is 0 Å². The molecule has 0 heterocycles. The second kappa shape index (κ2) is 11.0. The van der Waals surface area contributed by atoms with Gasteiger partial charge in [-0.15, -0.1) is 0 Å². The minimum Gasteiger partial charge on any atom is -0.497 e. The Kier molecular flexibility index (Phi) is 7.61. The summed E-state index contributed by atoms with van der Waals surface area (Å²) in [6.45, 7) is 7.92. The number of carbonyl (C=O) groups excluding carboxylic acids is 1. The number of rotatable bonds is 9. The van der Waals surface area contributed by atoms with E-state index < -0.39 is 0 Å². The summed E-state index contributed by atoms with van der Waals surface area (Å²) in [6.07, 6.45) is 0. The van der Waals surface area contributed by atoms with Gasteiger partial charge in [0.1, 0.15) is 5.75 Å². The lowest BCUT2D eigenvalue weighted by atomic mass is 10.0. The second-order valence-electron chi connectivity index (χ2n) is 8.42. The fourth-order valence-electron chi connectivity index (χ4n) is 4.23. The van der Waals surface area contributed by atoms with Crippen molar-refractivity contribution >= 4 is 16.7 Å². The Morgan fingerprint density at radius 2 is 1.53 bits per heavy atom. The second-order valence-corrected chi connectivity index (χ2v) is 8.42. The first-order valence-electron chi connectivity index (χ1n) is 11.9. The molecule has 0 atom stereocenters. The van der Waals surface area contributed by atoms with Gasteiger partial charge in [0.2, 0.25) is 0 Å². The molecular weight excluding hydrogens is 420 g/mol.